The van der Waals surface area contributed by atoms with Crippen LogP contribution in [0, 0.1) is 0 Å². The van der Waals surface area contributed by atoms with E-state index in [2.05, 4.69) is 181 Å². The molecule has 2 heteroatoms. The molecule has 1 aromatic heterocycles. The number of benzene rings is 9. The molecule has 1 heterocycles. The zero-order valence-corrected chi connectivity index (χ0v) is 27.3. The van der Waals surface area contributed by atoms with Crippen LogP contribution in [0.25, 0.3) is 76.5 Å². The average molecular weight is 638 g/mol. The van der Waals surface area contributed by atoms with Gasteiger partial charge >= 0.3 is 0 Å². The Kier molecular flexibility index (Phi) is 6.53. The fourth-order valence-corrected chi connectivity index (χ4v) is 7.67. The molecule has 0 saturated carbocycles. The number of hydrogen-bond acceptors (Lipinski definition) is 2. The van der Waals surface area contributed by atoms with Crippen LogP contribution >= 0.6 is 0 Å². The second-order valence-electron chi connectivity index (χ2n) is 12.9. The lowest BCUT2D eigenvalue weighted by atomic mass is 9.95. The van der Waals surface area contributed by atoms with Gasteiger partial charge in [0.25, 0.3) is 0 Å². The van der Waals surface area contributed by atoms with E-state index >= 15 is 0 Å². The van der Waals surface area contributed by atoms with Gasteiger partial charge < -0.3 is 9.32 Å². The Morgan fingerprint density at radius 3 is 1.86 bits per heavy atom. The maximum Gasteiger partial charge on any atom is 0.143 e. The number of para-hydroxylation sites is 2. The molecule has 9 aromatic carbocycles. The summed E-state index contributed by atoms with van der Waals surface area (Å²) in [6.45, 7) is 0. The molecule has 0 unspecified atom stereocenters. The van der Waals surface area contributed by atoms with Crippen molar-refractivity contribution in [1.82, 2.24) is 0 Å². The van der Waals surface area contributed by atoms with E-state index in [1.54, 1.807) is 0 Å². The van der Waals surface area contributed by atoms with Crippen LogP contribution in [0.2, 0.25) is 0 Å². The van der Waals surface area contributed by atoms with E-state index < -0.39 is 0 Å². The van der Waals surface area contributed by atoms with Gasteiger partial charge in [-0.05, 0) is 80.0 Å². The van der Waals surface area contributed by atoms with Crippen molar-refractivity contribution < 1.29 is 4.42 Å². The van der Waals surface area contributed by atoms with Gasteiger partial charge in [-0.15, -0.1) is 0 Å². The minimum absolute atomic E-state index is 0.909. The zero-order chi connectivity index (χ0) is 33.0. The monoisotopic (exact) mass is 637 g/mol. The van der Waals surface area contributed by atoms with Crippen molar-refractivity contribution in [3.8, 4) is 22.3 Å². The van der Waals surface area contributed by atoms with Crippen molar-refractivity contribution in [3.05, 3.63) is 188 Å². The number of nitrogens with zero attached hydrogens (tertiary/aromatic N) is 1. The van der Waals surface area contributed by atoms with Gasteiger partial charge in [-0.1, -0.05) is 152 Å². The summed E-state index contributed by atoms with van der Waals surface area (Å²) in [5.41, 5.74) is 9.73. The third kappa shape index (κ3) is 4.57. The van der Waals surface area contributed by atoms with Gasteiger partial charge in [-0.25, -0.2) is 0 Å². The lowest BCUT2D eigenvalue weighted by Crippen LogP contribution is -2.11. The van der Waals surface area contributed by atoms with E-state index in [1.807, 2.05) is 12.1 Å². The molecule has 0 amide bonds. The van der Waals surface area contributed by atoms with Crippen molar-refractivity contribution in [3.63, 3.8) is 0 Å². The Labute approximate surface area is 290 Å². The molecule has 234 valence electrons. The lowest BCUT2D eigenvalue weighted by molar-refractivity contribution is 0.670. The van der Waals surface area contributed by atoms with Crippen molar-refractivity contribution in [1.29, 1.82) is 0 Å². The normalized spacial score (nSPS) is 11.6. The Morgan fingerprint density at radius 2 is 1.00 bits per heavy atom. The first-order valence-electron chi connectivity index (χ1n) is 17.1. The number of fused-ring (bicyclic) bond motifs is 8. The zero-order valence-electron chi connectivity index (χ0n) is 27.3. The molecule has 0 N–H and O–H groups in total. The lowest BCUT2D eigenvalue weighted by Gasteiger charge is -2.28. The van der Waals surface area contributed by atoms with Crippen molar-refractivity contribution in [2.75, 3.05) is 4.90 Å². The number of rotatable bonds is 5. The summed E-state index contributed by atoms with van der Waals surface area (Å²) in [4.78, 5) is 2.42. The van der Waals surface area contributed by atoms with Gasteiger partial charge in [-0.3, -0.25) is 0 Å². The Bertz CT molecular complexity index is 2870. The molecule has 0 aliphatic heterocycles. The van der Waals surface area contributed by atoms with Gasteiger partial charge in [0.15, 0.2) is 0 Å². The maximum absolute atomic E-state index is 6.42. The third-order valence-electron chi connectivity index (χ3n) is 10.0. The molecule has 10 rings (SSSR count). The first-order chi connectivity index (χ1) is 24.8. The molecule has 50 heavy (non-hydrogen) atoms. The molecule has 2 nitrogen and oxygen atoms in total. The summed E-state index contributed by atoms with van der Waals surface area (Å²) in [5.74, 6) is 0. The minimum atomic E-state index is 0.909. The highest BCUT2D eigenvalue weighted by Crippen LogP contribution is 2.45. The smallest absolute Gasteiger partial charge is 0.143 e. The molecule has 10 aromatic rings. The fourth-order valence-electron chi connectivity index (χ4n) is 7.67. The third-order valence-corrected chi connectivity index (χ3v) is 10.0. The molecule has 0 aliphatic carbocycles. The molecule has 0 aliphatic rings. The summed E-state index contributed by atoms with van der Waals surface area (Å²) in [7, 11) is 0. The summed E-state index contributed by atoms with van der Waals surface area (Å²) in [6, 6.07) is 67.5. The summed E-state index contributed by atoms with van der Waals surface area (Å²) in [6.07, 6.45) is 0. The second kappa shape index (κ2) is 11.5. The van der Waals surface area contributed by atoms with Crippen LogP contribution in [-0.2, 0) is 0 Å². The first-order valence-corrected chi connectivity index (χ1v) is 17.1. The van der Waals surface area contributed by atoms with Crippen LogP contribution in [0.15, 0.2) is 192 Å². The SMILES string of the molecule is c1ccc(-c2cccc(N(c3ccc(-c4cccc5c4oc4ccccc45)cc3)c3cc4c5ccccc5ccc4c4ccccc34)c2)cc1. The topological polar surface area (TPSA) is 16.4 Å². The Balaban J connectivity index is 1.21. The van der Waals surface area contributed by atoms with Crippen LogP contribution in [-0.4, -0.2) is 0 Å². The molecule has 0 spiro atoms. The van der Waals surface area contributed by atoms with Gasteiger partial charge in [0.2, 0.25) is 0 Å². The second-order valence-corrected chi connectivity index (χ2v) is 12.9. The van der Waals surface area contributed by atoms with E-state index in [9.17, 15) is 0 Å². The summed E-state index contributed by atoms with van der Waals surface area (Å²) >= 11 is 0. The quantitative estimate of drug-likeness (QED) is 0.175. The summed E-state index contributed by atoms with van der Waals surface area (Å²) < 4.78 is 6.42. The van der Waals surface area contributed by atoms with Gasteiger partial charge in [0.05, 0.1) is 5.69 Å². The van der Waals surface area contributed by atoms with Gasteiger partial charge in [0.1, 0.15) is 11.2 Å². The largest absolute Gasteiger partial charge is 0.455 e. The molecular formula is C48H31NO. The number of hydrogen-bond donors (Lipinski definition) is 0. The average Bonchev–Trinajstić information content (AvgIpc) is 3.58. The predicted octanol–water partition coefficient (Wildman–Crippen LogP) is 13.8. The summed E-state index contributed by atoms with van der Waals surface area (Å²) in [5, 5.41) is 9.72. The molecule has 0 bridgehead atoms. The van der Waals surface area contributed by atoms with Gasteiger partial charge in [0, 0.05) is 33.1 Å². The van der Waals surface area contributed by atoms with E-state index in [0.29, 0.717) is 0 Å². The van der Waals surface area contributed by atoms with Crippen LogP contribution in [0.4, 0.5) is 17.1 Å². The standard InChI is InChI=1S/C48H31NO/c1-2-12-32(13-3-1)35-15-10-16-37(30-35)49(46-31-45-38-17-5-4-14-33(38)26-29-41(45)40-18-6-7-19-42(40)46)36-27-24-34(25-28-36)39-21-11-22-44-43-20-8-9-23-47(43)50-48(39)44/h1-31H. The van der Waals surface area contributed by atoms with Crippen LogP contribution < -0.4 is 4.90 Å². The molecule has 0 fully saturated rings. The van der Waals surface area contributed by atoms with Crippen molar-refractivity contribution in [2.45, 2.75) is 0 Å². The van der Waals surface area contributed by atoms with Crippen molar-refractivity contribution >= 4 is 71.3 Å². The Hall–Kier alpha value is -6.64. The molecule has 0 radical (unpaired) electrons. The predicted molar refractivity (Wildman–Crippen MR) is 212 cm³/mol. The first kappa shape index (κ1) is 28.4. The van der Waals surface area contributed by atoms with Crippen LogP contribution in [0.1, 0.15) is 0 Å². The van der Waals surface area contributed by atoms with E-state index in [4.69, 9.17) is 4.42 Å². The minimum Gasteiger partial charge on any atom is -0.455 e. The highest BCUT2D eigenvalue weighted by atomic mass is 16.3. The number of anilines is 3. The maximum atomic E-state index is 6.42. The van der Waals surface area contributed by atoms with E-state index in [0.717, 1.165) is 50.1 Å². The van der Waals surface area contributed by atoms with Crippen molar-refractivity contribution in [2.24, 2.45) is 0 Å². The van der Waals surface area contributed by atoms with Gasteiger partial charge in [-0.2, -0.15) is 0 Å². The molecular weight excluding hydrogens is 607 g/mol. The fraction of sp³-hybridized carbons (Fsp3) is 0. The number of furan rings is 1. The Morgan fingerprint density at radius 1 is 0.340 bits per heavy atom. The van der Waals surface area contributed by atoms with E-state index in [1.165, 1.54) is 43.4 Å². The highest BCUT2D eigenvalue weighted by molar-refractivity contribution is 6.21. The van der Waals surface area contributed by atoms with E-state index in [-0.39, 0.29) is 0 Å². The highest BCUT2D eigenvalue weighted by Gasteiger charge is 2.20. The molecule has 0 atom stereocenters. The van der Waals surface area contributed by atoms with Crippen LogP contribution in [0.5, 0.6) is 0 Å². The molecule has 0 saturated heterocycles. The van der Waals surface area contributed by atoms with Crippen LogP contribution in [0.3, 0.4) is 0 Å².